The number of rotatable bonds is 8. The molecular formula is C18H26N2O5. The van der Waals surface area contributed by atoms with Crippen LogP contribution in [0.25, 0.3) is 0 Å². The summed E-state index contributed by atoms with van der Waals surface area (Å²) in [4.78, 5) is 16.7. The number of carbonyl (C=O) groups excluding carboxylic acids is 1. The molecule has 1 fully saturated rings. The molecule has 0 aromatic heterocycles. The van der Waals surface area contributed by atoms with E-state index in [1.807, 2.05) is 6.92 Å². The minimum absolute atomic E-state index is 0.0865. The third kappa shape index (κ3) is 6.72. The van der Waals surface area contributed by atoms with E-state index < -0.39 is 0 Å². The van der Waals surface area contributed by atoms with Crippen molar-refractivity contribution < 1.29 is 23.7 Å². The lowest BCUT2D eigenvalue weighted by molar-refractivity contribution is 0.0913. The molecule has 7 nitrogen and oxygen atoms in total. The van der Waals surface area contributed by atoms with Crippen molar-refractivity contribution in [2.75, 3.05) is 40.1 Å². The summed E-state index contributed by atoms with van der Waals surface area (Å²) in [5.41, 5.74) is 0.499. The van der Waals surface area contributed by atoms with Crippen molar-refractivity contribution in [1.82, 2.24) is 5.32 Å². The van der Waals surface area contributed by atoms with E-state index >= 15 is 0 Å². The molecule has 138 valence electrons. The van der Waals surface area contributed by atoms with Gasteiger partial charge in [-0.2, -0.15) is 0 Å². The van der Waals surface area contributed by atoms with Crippen LogP contribution in [0.1, 0.15) is 30.1 Å². The predicted octanol–water partition coefficient (Wildman–Crippen LogP) is 2.01. The Morgan fingerprint density at radius 3 is 2.76 bits per heavy atom. The van der Waals surface area contributed by atoms with E-state index in [9.17, 15) is 4.79 Å². The zero-order chi connectivity index (χ0) is 17.9. The Labute approximate surface area is 148 Å². The van der Waals surface area contributed by atoms with Gasteiger partial charge in [0.2, 0.25) is 0 Å². The number of amides is 1. The van der Waals surface area contributed by atoms with Gasteiger partial charge in [-0.3, -0.25) is 10.1 Å². The molecule has 1 aromatic carbocycles. The van der Waals surface area contributed by atoms with Gasteiger partial charge in [-0.1, -0.05) is 0 Å². The second kappa shape index (κ2) is 10.7. The molecule has 2 rings (SSSR count). The number of hydrogen-bond acceptors (Lipinski definition) is 6. The summed E-state index contributed by atoms with van der Waals surface area (Å²) in [6.45, 7) is 4.52. The highest BCUT2D eigenvalue weighted by Gasteiger charge is 2.16. The van der Waals surface area contributed by atoms with Crippen LogP contribution in [0.4, 0.5) is 0 Å². The van der Waals surface area contributed by atoms with Gasteiger partial charge in [0.05, 0.1) is 26.4 Å². The Morgan fingerprint density at radius 1 is 1.32 bits per heavy atom. The molecule has 7 heteroatoms. The first-order chi connectivity index (χ1) is 12.2. The highest BCUT2D eigenvalue weighted by molar-refractivity contribution is 6.04. The van der Waals surface area contributed by atoms with Crippen LogP contribution in [0.3, 0.4) is 0 Å². The molecule has 0 spiro atoms. The molecule has 1 aromatic rings. The maximum atomic E-state index is 12.4. The quantitative estimate of drug-likeness (QED) is 0.441. The first-order valence-electron chi connectivity index (χ1n) is 8.55. The van der Waals surface area contributed by atoms with Crippen LogP contribution in [0.5, 0.6) is 5.75 Å². The van der Waals surface area contributed by atoms with Crippen LogP contribution in [-0.4, -0.2) is 58.1 Å². The van der Waals surface area contributed by atoms with E-state index in [1.54, 1.807) is 31.4 Å². The first kappa shape index (κ1) is 19.2. The van der Waals surface area contributed by atoms with E-state index in [0.29, 0.717) is 37.7 Å². The summed E-state index contributed by atoms with van der Waals surface area (Å²) >= 11 is 0. The van der Waals surface area contributed by atoms with Gasteiger partial charge in [-0.15, -0.1) is 0 Å². The fourth-order valence-electron chi connectivity index (χ4n) is 2.35. The minimum Gasteiger partial charge on any atom is -0.497 e. The van der Waals surface area contributed by atoms with Crippen molar-refractivity contribution in [3.63, 3.8) is 0 Å². The second-order valence-corrected chi connectivity index (χ2v) is 5.51. The Morgan fingerprint density at radius 2 is 2.12 bits per heavy atom. The number of carbonyl (C=O) groups is 1. The smallest absolute Gasteiger partial charge is 0.291 e. The summed E-state index contributed by atoms with van der Waals surface area (Å²) in [5, 5.41) is 2.71. The van der Waals surface area contributed by atoms with Gasteiger partial charge in [-0.05, 0) is 44.0 Å². The fourth-order valence-corrected chi connectivity index (χ4v) is 2.35. The lowest BCUT2D eigenvalue weighted by Gasteiger charge is -2.12. The molecule has 0 radical (unpaired) electrons. The third-order valence-electron chi connectivity index (χ3n) is 3.71. The van der Waals surface area contributed by atoms with Crippen LogP contribution in [0, 0.1) is 0 Å². The highest BCUT2D eigenvalue weighted by atomic mass is 16.5. The van der Waals surface area contributed by atoms with Gasteiger partial charge in [0, 0.05) is 18.8 Å². The predicted molar refractivity (Wildman–Crippen MR) is 94.2 cm³/mol. The molecule has 1 N–H and O–H groups in total. The largest absolute Gasteiger partial charge is 0.497 e. The summed E-state index contributed by atoms with van der Waals surface area (Å²) < 4.78 is 21.4. The van der Waals surface area contributed by atoms with E-state index in [1.165, 1.54) is 0 Å². The normalized spacial score (nSPS) is 17.4. The number of amidine groups is 1. The number of aliphatic imine (C=N–C) groups is 1. The molecule has 1 aliphatic rings. The van der Waals surface area contributed by atoms with Crippen molar-refractivity contribution in [2.24, 2.45) is 4.99 Å². The average Bonchev–Trinajstić information content (AvgIpc) is 3.16. The van der Waals surface area contributed by atoms with E-state index in [2.05, 4.69) is 10.3 Å². The molecule has 1 amide bonds. The lowest BCUT2D eigenvalue weighted by Crippen LogP contribution is -2.34. The summed E-state index contributed by atoms with van der Waals surface area (Å²) in [5.74, 6) is 0.405. The van der Waals surface area contributed by atoms with Crippen LogP contribution >= 0.6 is 0 Å². The molecule has 0 unspecified atom stereocenters. The number of nitrogens with one attached hydrogen (secondary N) is 1. The number of hydrogen-bond donors (Lipinski definition) is 1. The summed E-state index contributed by atoms with van der Waals surface area (Å²) in [6, 6.07) is 7.02. The van der Waals surface area contributed by atoms with E-state index in [0.717, 1.165) is 19.4 Å². The highest BCUT2D eigenvalue weighted by Crippen LogP contribution is 2.13. The topological polar surface area (TPSA) is 78.4 Å². The summed E-state index contributed by atoms with van der Waals surface area (Å²) in [7, 11) is 1.58. The Bertz CT molecular complexity index is 553. The average molecular weight is 350 g/mol. The Balaban J connectivity index is 1.94. The Hall–Kier alpha value is -2.12. The van der Waals surface area contributed by atoms with Gasteiger partial charge in [0.25, 0.3) is 11.9 Å². The molecule has 25 heavy (non-hydrogen) atoms. The third-order valence-corrected chi connectivity index (χ3v) is 3.71. The fraction of sp³-hybridized carbons (Fsp3) is 0.556. The molecule has 0 bridgehead atoms. The molecule has 1 atom stereocenters. The van der Waals surface area contributed by atoms with Crippen LogP contribution in [-0.2, 0) is 14.2 Å². The number of ether oxygens (including phenoxy) is 4. The van der Waals surface area contributed by atoms with Crippen molar-refractivity contribution >= 4 is 11.9 Å². The monoisotopic (exact) mass is 350 g/mol. The van der Waals surface area contributed by atoms with Gasteiger partial charge < -0.3 is 18.9 Å². The van der Waals surface area contributed by atoms with Crippen molar-refractivity contribution in [3.8, 4) is 5.75 Å². The molecule has 1 heterocycles. The maximum absolute atomic E-state index is 12.4. The van der Waals surface area contributed by atoms with Gasteiger partial charge in [-0.25, -0.2) is 4.99 Å². The van der Waals surface area contributed by atoms with Crippen LogP contribution < -0.4 is 10.1 Å². The first-order valence-corrected chi connectivity index (χ1v) is 8.55. The molecule has 0 aliphatic carbocycles. The SMILES string of the molecule is CCOCCOC(=NC[C@@H]1CCCO1)NC(=O)c1ccc(OC)cc1. The molecule has 1 saturated heterocycles. The second-order valence-electron chi connectivity index (χ2n) is 5.51. The van der Waals surface area contributed by atoms with E-state index in [4.69, 9.17) is 18.9 Å². The van der Waals surface area contributed by atoms with Crippen molar-refractivity contribution in [2.45, 2.75) is 25.9 Å². The maximum Gasteiger partial charge on any atom is 0.291 e. The molecule has 1 aliphatic heterocycles. The van der Waals surface area contributed by atoms with Crippen molar-refractivity contribution in [1.29, 1.82) is 0 Å². The molecule has 0 saturated carbocycles. The zero-order valence-corrected chi connectivity index (χ0v) is 14.8. The molecular weight excluding hydrogens is 324 g/mol. The minimum atomic E-state index is -0.287. The number of benzene rings is 1. The van der Waals surface area contributed by atoms with Crippen LogP contribution in [0.15, 0.2) is 29.3 Å². The van der Waals surface area contributed by atoms with Crippen LogP contribution in [0.2, 0.25) is 0 Å². The summed E-state index contributed by atoms with van der Waals surface area (Å²) in [6.07, 6.45) is 2.10. The van der Waals surface area contributed by atoms with E-state index in [-0.39, 0.29) is 18.0 Å². The number of methoxy groups -OCH3 is 1. The van der Waals surface area contributed by atoms with Gasteiger partial charge in [0.15, 0.2) is 0 Å². The Kier molecular flexibility index (Phi) is 8.21. The van der Waals surface area contributed by atoms with Crippen molar-refractivity contribution in [3.05, 3.63) is 29.8 Å². The zero-order valence-electron chi connectivity index (χ0n) is 14.8. The van der Waals surface area contributed by atoms with Gasteiger partial charge >= 0.3 is 0 Å². The van der Waals surface area contributed by atoms with Gasteiger partial charge in [0.1, 0.15) is 12.4 Å². The lowest BCUT2D eigenvalue weighted by atomic mass is 10.2. The standard InChI is InChI=1S/C18H26N2O5/c1-3-23-11-12-25-18(19-13-16-5-4-10-24-16)20-17(21)14-6-8-15(22-2)9-7-14/h6-9,16H,3-5,10-13H2,1-2H3,(H,19,20,21)/t16-/m0/s1. The number of nitrogens with zero attached hydrogens (tertiary/aromatic N) is 1.